The number of phenolic OH excluding ortho intramolecular Hbond substituents is 2. The van der Waals surface area contributed by atoms with Crippen molar-refractivity contribution < 1.29 is 10.2 Å². The Morgan fingerprint density at radius 2 is 1.39 bits per heavy atom. The molecule has 0 fully saturated rings. The van der Waals surface area contributed by atoms with Crippen LogP contribution in [0.1, 0.15) is 83.1 Å². The van der Waals surface area contributed by atoms with Gasteiger partial charge in [-0.2, -0.15) is 0 Å². The molecule has 130 valence electrons. The highest BCUT2D eigenvalue weighted by Crippen LogP contribution is 2.24. The highest BCUT2D eigenvalue weighted by atomic mass is 16.3. The van der Waals surface area contributed by atoms with Gasteiger partial charge in [-0.3, -0.25) is 0 Å². The molecule has 0 aliphatic heterocycles. The second kappa shape index (κ2) is 13.0. The monoisotopic (exact) mass is 318 g/mol. The molecule has 0 aromatic heterocycles. The standard InChI is InChI=1S/C21H34O2/c1-2-3-4-5-6-7-8-9-10-11-12-13-14-15-19-16-17-20(22)18-21(19)23/h7-8,16-18,22-23H,2-6,9-15H2,1H3/b8-7-. The van der Waals surface area contributed by atoms with E-state index in [-0.39, 0.29) is 11.5 Å². The van der Waals surface area contributed by atoms with E-state index in [1.807, 2.05) is 6.07 Å². The average molecular weight is 319 g/mol. The molecular weight excluding hydrogens is 284 g/mol. The minimum absolute atomic E-state index is 0.129. The lowest BCUT2D eigenvalue weighted by molar-refractivity contribution is 0.445. The smallest absolute Gasteiger partial charge is 0.122 e. The highest BCUT2D eigenvalue weighted by molar-refractivity contribution is 5.38. The number of benzene rings is 1. The van der Waals surface area contributed by atoms with Crippen LogP contribution in [0, 0.1) is 0 Å². The molecule has 2 nitrogen and oxygen atoms in total. The van der Waals surface area contributed by atoms with Gasteiger partial charge in [0.05, 0.1) is 0 Å². The summed E-state index contributed by atoms with van der Waals surface area (Å²) in [6, 6.07) is 4.88. The molecule has 1 aromatic rings. The van der Waals surface area contributed by atoms with Gasteiger partial charge < -0.3 is 10.2 Å². The SMILES string of the molecule is CCCCCC/C=C\CCCCCCCc1ccc(O)cc1O. The van der Waals surface area contributed by atoms with Crippen LogP contribution >= 0.6 is 0 Å². The largest absolute Gasteiger partial charge is 0.508 e. The van der Waals surface area contributed by atoms with Crippen LogP contribution in [0.2, 0.25) is 0 Å². The van der Waals surface area contributed by atoms with Crippen molar-refractivity contribution in [1.29, 1.82) is 0 Å². The first-order valence-electron chi connectivity index (χ1n) is 9.40. The molecular formula is C21H34O2. The van der Waals surface area contributed by atoms with Crippen molar-refractivity contribution >= 4 is 0 Å². The van der Waals surface area contributed by atoms with E-state index in [0.29, 0.717) is 0 Å². The summed E-state index contributed by atoms with van der Waals surface area (Å²) in [6.45, 7) is 2.25. The Labute approximate surface area is 142 Å². The molecule has 0 aliphatic carbocycles. The van der Waals surface area contributed by atoms with Crippen LogP contribution in [0.3, 0.4) is 0 Å². The Morgan fingerprint density at radius 3 is 2.04 bits per heavy atom. The number of unbranched alkanes of at least 4 members (excludes halogenated alkanes) is 9. The maximum absolute atomic E-state index is 9.71. The van der Waals surface area contributed by atoms with Gasteiger partial charge in [0.2, 0.25) is 0 Å². The van der Waals surface area contributed by atoms with Crippen molar-refractivity contribution in [1.82, 2.24) is 0 Å². The number of allylic oxidation sites excluding steroid dienone is 2. The minimum atomic E-state index is 0.129. The summed E-state index contributed by atoms with van der Waals surface area (Å²) in [5.74, 6) is 0.346. The molecule has 0 heterocycles. The zero-order valence-electron chi connectivity index (χ0n) is 14.8. The van der Waals surface area contributed by atoms with Crippen LogP contribution in [0.4, 0.5) is 0 Å². The van der Waals surface area contributed by atoms with Crippen molar-refractivity contribution in [3.8, 4) is 11.5 Å². The number of aromatic hydroxyl groups is 2. The van der Waals surface area contributed by atoms with Gasteiger partial charge in [-0.15, -0.1) is 0 Å². The van der Waals surface area contributed by atoms with Crippen LogP contribution in [-0.4, -0.2) is 10.2 Å². The van der Waals surface area contributed by atoms with E-state index < -0.39 is 0 Å². The summed E-state index contributed by atoms with van der Waals surface area (Å²) >= 11 is 0. The second-order valence-corrected chi connectivity index (χ2v) is 6.44. The van der Waals surface area contributed by atoms with Gasteiger partial charge in [-0.1, -0.05) is 63.7 Å². The van der Waals surface area contributed by atoms with Crippen LogP contribution in [0.15, 0.2) is 30.4 Å². The topological polar surface area (TPSA) is 40.5 Å². The zero-order chi connectivity index (χ0) is 16.8. The third-order valence-corrected chi connectivity index (χ3v) is 4.28. The van der Waals surface area contributed by atoms with Crippen molar-refractivity contribution in [2.75, 3.05) is 0 Å². The minimum Gasteiger partial charge on any atom is -0.508 e. The summed E-state index contributed by atoms with van der Waals surface area (Å²) in [4.78, 5) is 0. The molecule has 0 radical (unpaired) electrons. The van der Waals surface area contributed by atoms with Gasteiger partial charge in [0.1, 0.15) is 11.5 Å². The predicted octanol–water partition coefficient (Wildman–Crippen LogP) is 6.51. The molecule has 0 saturated heterocycles. The maximum atomic E-state index is 9.71. The number of aryl methyl sites for hydroxylation is 1. The van der Waals surface area contributed by atoms with Crippen molar-refractivity contribution in [2.24, 2.45) is 0 Å². The first kappa shape index (κ1) is 19.6. The van der Waals surface area contributed by atoms with Crippen LogP contribution in [0.25, 0.3) is 0 Å². The van der Waals surface area contributed by atoms with Crippen molar-refractivity contribution in [2.45, 2.75) is 84.0 Å². The van der Waals surface area contributed by atoms with E-state index in [2.05, 4.69) is 19.1 Å². The summed E-state index contributed by atoms with van der Waals surface area (Å²) in [5.41, 5.74) is 0.939. The van der Waals surface area contributed by atoms with Crippen molar-refractivity contribution in [3.63, 3.8) is 0 Å². The first-order chi connectivity index (χ1) is 11.2. The molecule has 23 heavy (non-hydrogen) atoms. The summed E-state index contributed by atoms with van der Waals surface area (Å²) in [5, 5.41) is 19.0. The third kappa shape index (κ3) is 10.0. The average Bonchev–Trinajstić information content (AvgIpc) is 2.53. The van der Waals surface area contributed by atoms with E-state index in [1.165, 1.54) is 70.3 Å². The Bertz CT molecular complexity index is 437. The predicted molar refractivity (Wildman–Crippen MR) is 99.1 cm³/mol. The maximum Gasteiger partial charge on any atom is 0.122 e. The van der Waals surface area contributed by atoms with Crippen molar-refractivity contribution in [3.05, 3.63) is 35.9 Å². The fourth-order valence-electron chi connectivity index (χ4n) is 2.80. The fourth-order valence-corrected chi connectivity index (χ4v) is 2.80. The molecule has 0 atom stereocenters. The molecule has 0 aliphatic rings. The van der Waals surface area contributed by atoms with Gasteiger partial charge in [0.15, 0.2) is 0 Å². The van der Waals surface area contributed by atoms with Gasteiger partial charge in [0, 0.05) is 6.07 Å². The van der Waals surface area contributed by atoms with Crippen LogP contribution < -0.4 is 0 Å². The Morgan fingerprint density at radius 1 is 0.783 bits per heavy atom. The van der Waals surface area contributed by atoms with E-state index in [1.54, 1.807) is 6.07 Å². The number of hydrogen-bond acceptors (Lipinski definition) is 2. The summed E-state index contributed by atoms with van der Waals surface area (Å²) < 4.78 is 0. The highest BCUT2D eigenvalue weighted by Gasteiger charge is 2.01. The molecule has 1 rings (SSSR count). The molecule has 0 saturated carbocycles. The van der Waals surface area contributed by atoms with Gasteiger partial charge >= 0.3 is 0 Å². The second-order valence-electron chi connectivity index (χ2n) is 6.44. The summed E-state index contributed by atoms with van der Waals surface area (Å²) in [6.07, 6.45) is 19.6. The molecule has 2 N–H and O–H groups in total. The normalized spacial score (nSPS) is 11.3. The molecule has 0 amide bonds. The fraction of sp³-hybridized carbons (Fsp3) is 0.619. The Balaban J connectivity index is 1.92. The van der Waals surface area contributed by atoms with Gasteiger partial charge in [-0.05, 0) is 50.2 Å². The molecule has 0 spiro atoms. The van der Waals surface area contributed by atoms with E-state index >= 15 is 0 Å². The number of phenols is 2. The molecule has 0 unspecified atom stereocenters. The lowest BCUT2D eigenvalue weighted by atomic mass is 10.0. The number of rotatable bonds is 13. The third-order valence-electron chi connectivity index (χ3n) is 4.28. The van der Waals surface area contributed by atoms with Gasteiger partial charge in [-0.25, -0.2) is 0 Å². The van der Waals surface area contributed by atoms with E-state index in [0.717, 1.165) is 18.4 Å². The molecule has 2 heteroatoms. The molecule has 1 aromatic carbocycles. The Hall–Kier alpha value is -1.44. The first-order valence-corrected chi connectivity index (χ1v) is 9.40. The number of hydrogen-bond donors (Lipinski definition) is 2. The van der Waals surface area contributed by atoms with Crippen LogP contribution in [-0.2, 0) is 6.42 Å². The Kier molecular flexibility index (Phi) is 11.1. The lowest BCUT2D eigenvalue weighted by Crippen LogP contribution is -1.87. The zero-order valence-corrected chi connectivity index (χ0v) is 14.8. The van der Waals surface area contributed by atoms with Crippen LogP contribution in [0.5, 0.6) is 11.5 Å². The lowest BCUT2D eigenvalue weighted by Gasteiger charge is -2.05. The van der Waals surface area contributed by atoms with E-state index in [9.17, 15) is 10.2 Å². The quantitative estimate of drug-likeness (QED) is 0.321. The molecule has 0 bridgehead atoms. The summed E-state index contributed by atoms with van der Waals surface area (Å²) in [7, 11) is 0. The van der Waals surface area contributed by atoms with Gasteiger partial charge in [0.25, 0.3) is 0 Å². The van der Waals surface area contributed by atoms with E-state index in [4.69, 9.17) is 0 Å².